The zero-order chi connectivity index (χ0) is 19.4. The van der Waals surface area contributed by atoms with Gasteiger partial charge in [0.2, 0.25) is 0 Å². The van der Waals surface area contributed by atoms with Gasteiger partial charge in [-0.3, -0.25) is 9.48 Å². The number of alkyl halides is 3. The van der Waals surface area contributed by atoms with E-state index in [0.29, 0.717) is 0 Å². The van der Waals surface area contributed by atoms with Crippen molar-refractivity contribution in [2.75, 3.05) is 0 Å². The number of halogens is 3. The van der Waals surface area contributed by atoms with Crippen molar-refractivity contribution in [2.45, 2.75) is 77.6 Å². The van der Waals surface area contributed by atoms with E-state index < -0.39 is 17.8 Å². The first kappa shape index (κ1) is 18.8. The van der Waals surface area contributed by atoms with Crippen molar-refractivity contribution >= 4 is 5.91 Å². The van der Waals surface area contributed by atoms with Crippen molar-refractivity contribution in [3.63, 3.8) is 0 Å². The highest BCUT2D eigenvalue weighted by Gasteiger charge is 2.54. The first-order valence-electron chi connectivity index (χ1n) is 10.2. The molecule has 1 N–H and O–H groups in total. The number of nitrogens with one attached hydrogen (secondary N) is 1. The number of rotatable bonds is 5. The number of hydrogen-bond acceptors (Lipinski definition) is 2. The molecule has 4 saturated carbocycles. The molecule has 0 aromatic carbocycles. The van der Waals surface area contributed by atoms with Crippen LogP contribution in [-0.4, -0.2) is 21.7 Å². The predicted molar refractivity (Wildman–Crippen MR) is 95.1 cm³/mol. The van der Waals surface area contributed by atoms with Gasteiger partial charge in [0.25, 0.3) is 5.91 Å². The van der Waals surface area contributed by atoms with Gasteiger partial charge >= 0.3 is 6.18 Å². The Labute approximate surface area is 157 Å². The summed E-state index contributed by atoms with van der Waals surface area (Å²) in [6.45, 7) is 4.00. The quantitative estimate of drug-likeness (QED) is 0.805. The molecule has 4 bridgehead atoms. The summed E-state index contributed by atoms with van der Waals surface area (Å²) in [7, 11) is 0. The highest BCUT2D eigenvalue weighted by molar-refractivity contribution is 5.93. The van der Waals surface area contributed by atoms with Crippen molar-refractivity contribution in [1.82, 2.24) is 15.1 Å². The zero-order valence-electron chi connectivity index (χ0n) is 16.0. The number of hydrogen-bond donors (Lipinski definition) is 1. The molecule has 1 amide bonds. The van der Waals surface area contributed by atoms with Gasteiger partial charge in [-0.15, -0.1) is 0 Å². The molecule has 0 radical (unpaired) electrons. The largest absolute Gasteiger partial charge is 0.435 e. The molecule has 4 aliphatic rings. The topological polar surface area (TPSA) is 46.9 Å². The number of aryl methyl sites for hydroxylation is 1. The van der Waals surface area contributed by atoms with Gasteiger partial charge in [0.1, 0.15) is 5.69 Å². The molecule has 4 nitrogen and oxygen atoms in total. The molecular weight excluding hydrogens is 355 g/mol. The number of nitrogens with zero attached hydrogens (tertiary/aromatic N) is 2. The van der Waals surface area contributed by atoms with E-state index in [2.05, 4.69) is 17.3 Å². The second kappa shape index (κ2) is 6.52. The summed E-state index contributed by atoms with van der Waals surface area (Å²) in [6, 6.07) is 0.901. The molecule has 5 rings (SSSR count). The maximum absolute atomic E-state index is 13.0. The number of amides is 1. The lowest BCUT2D eigenvalue weighted by Crippen LogP contribution is -2.56. The average Bonchev–Trinajstić information content (AvgIpc) is 3.03. The van der Waals surface area contributed by atoms with Crippen molar-refractivity contribution in [3.05, 3.63) is 17.5 Å². The summed E-state index contributed by atoms with van der Waals surface area (Å²) in [6.07, 6.45) is 3.68. The molecule has 0 saturated heterocycles. The maximum Gasteiger partial charge on any atom is 0.435 e. The molecule has 1 unspecified atom stereocenters. The van der Waals surface area contributed by atoms with E-state index in [9.17, 15) is 18.0 Å². The van der Waals surface area contributed by atoms with Gasteiger partial charge in [0, 0.05) is 18.7 Å². The highest BCUT2D eigenvalue weighted by Crippen LogP contribution is 2.61. The third-order valence-electron chi connectivity index (χ3n) is 7.14. The van der Waals surface area contributed by atoms with Crippen LogP contribution < -0.4 is 5.32 Å². The number of carbonyl (C=O) groups excluding carboxylic acids is 1. The molecule has 27 heavy (non-hydrogen) atoms. The Balaban J connectivity index is 1.56. The van der Waals surface area contributed by atoms with Crippen LogP contribution in [0.2, 0.25) is 0 Å². The lowest BCUT2D eigenvalue weighted by atomic mass is 9.47. The molecule has 1 atom stereocenters. The smallest absolute Gasteiger partial charge is 0.347 e. The van der Waals surface area contributed by atoms with Crippen LogP contribution in [0.4, 0.5) is 13.2 Å². The second-order valence-corrected chi connectivity index (χ2v) is 8.94. The lowest BCUT2D eigenvalue weighted by Gasteiger charge is -2.59. The van der Waals surface area contributed by atoms with Crippen molar-refractivity contribution in [2.24, 2.45) is 23.2 Å². The van der Waals surface area contributed by atoms with Gasteiger partial charge in [-0.05, 0) is 75.0 Å². The van der Waals surface area contributed by atoms with E-state index >= 15 is 0 Å². The van der Waals surface area contributed by atoms with E-state index in [4.69, 9.17) is 0 Å². The SMILES string of the molecule is CCC(NC(=O)c1cc(C(F)(F)F)nn1CC)C12CC3CC(CC(C3)C1)C2. The Morgan fingerprint density at radius 2 is 1.78 bits per heavy atom. The van der Waals surface area contributed by atoms with Crippen LogP contribution in [0, 0.1) is 23.2 Å². The van der Waals surface area contributed by atoms with Gasteiger partial charge in [0.15, 0.2) is 5.69 Å². The van der Waals surface area contributed by atoms with E-state index in [-0.39, 0.29) is 23.7 Å². The normalized spacial score (nSPS) is 33.3. The first-order chi connectivity index (χ1) is 12.7. The summed E-state index contributed by atoms with van der Waals surface area (Å²) in [5.41, 5.74) is -0.867. The summed E-state index contributed by atoms with van der Waals surface area (Å²) in [5, 5.41) is 6.69. The molecular formula is C20H28F3N3O. The summed E-state index contributed by atoms with van der Waals surface area (Å²) in [4.78, 5) is 12.9. The van der Waals surface area contributed by atoms with E-state index in [1.54, 1.807) is 6.92 Å². The Morgan fingerprint density at radius 3 is 2.22 bits per heavy atom. The third kappa shape index (κ3) is 3.27. The molecule has 1 heterocycles. The second-order valence-electron chi connectivity index (χ2n) is 8.94. The number of aromatic nitrogens is 2. The molecule has 4 fully saturated rings. The Morgan fingerprint density at radius 1 is 1.22 bits per heavy atom. The Kier molecular flexibility index (Phi) is 4.54. The van der Waals surface area contributed by atoms with E-state index in [1.165, 1.54) is 19.3 Å². The van der Waals surface area contributed by atoms with Crippen molar-refractivity contribution in [1.29, 1.82) is 0 Å². The molecule has 7 heteroatoms. The standard InChI is InChI=1S/C20H28F3N3O/c1-3-16(19-9-12-5-13(10-19)7-14(6-12)11-19)24-18(27)15-8-17(20(21,22)23)25-26(15)4-2/h8,12-14,16H,3-7,9-11H2,1-2H3,(H,24,27). The molecule has 1 aromatic heterocycles. The van der Waals surface area contributed by atoms with Gasteiger partial charge in [-0.25, -0.2) is 0 Å². The summed E-state index contributed by atoms with van der Waals surface area (Å²) in [5.74, 6) is 1.86. The summed E-state index contributed by atoms with van der Waals surface area (Å²) >= 11 is 0. The molecule has 1 aromatic rings. The van der Waals surface area contributed by atoms with Crippen LogP contribution in [0.25, 0.3) is 0 Å². The Hall–Kier alpha value is -1.53. The fourth-order valence-electron chi connectivity index (χ4n) is 6.50. The first-order valence-corrected chi connectivity index (χ1v) is 10.2. The van der Waals surface area contributed by atoms with E-state index in [0.717, 1.165) is 54.2 Å². The minimum absolute atomic E-state index is 0.00741. The maximum atomic E-state index is 13.0. The van der Waals surface area contributed by atoms with Gasteiger partial charge in [0.05, 0.1) is 0 Å². The van der Waals surface area contributed by atoms with Crippen LogP contribution in [0.15, 0.2) is 6.07 Å². The van der Waals surface area contributed by atoms with Gasteiger partial charge in [-0.2, -0.15) is 18.3 Å². The molecule has 150 valence electrons. The zero-order valence-corrected chi connectivity index (χ0v) is 16.0. The highest BCUT2D eigenvalue weighted by atomic mass is 19.4. The van der Waals surface area contributed by atoms with Gasteiger partial charge < -0.3 is 5.32 Å². The van der Waals surface area contributed by atoms with Crippen LogP contribution in [0.5, 0.6) is 0 Å². The third-order valence-corrected chi connectivity index (χ3v) is 7.14. The van der Waals surface area contributed by atoms with Crippen LogP contribution in [0.1, 0.15) is 75.0 Å². The Bertz CT molecular complexity index is 689. The monoisotopic (exact) mass is 383 g/mol. The van der Waals surface area contributed by atoms with Crippen LogP contribution >= 0.6 is 0 Å². The molecule has 0 spiro atoms. The van der Waals surface area contributed by atoms with Crippen molar-refractivity contribution in [3.8, 4) is 0 Å². The predicted octanol–water partition coefficient (Wildman–Crippen LogP) is 4.65. The molecule has 0 aliphatic heterocycles. The minimum atomic E-state index is -4.54. The van der Waals surface area contributed by atoms with Crippen molar-refractivity contribution < 1.29 is 18.0 Å². The average molecular weight is 383 g/mol. The lowest BCUT2D eigenvalue weighted by molar-refractivity contribution is -0.141. The van der Waals surface area contributed by atoms with E-state index in [1.807, 2.05) is 0 Å². The fourth-order valence-corrected chi connectivity index (χ4v) is 6.50. The van der Waals surface area contributed by atoms with Crippen LogP contribution in [0.3, 0.4) is 0 Å². The fraction of sp³-hybridized carbons (Fsp3) is 0.800. The van der Waals surface area contributed by atoms with Crippen LogP contribution in [-0.2, 0) is 12.7 Å². The molecule has 4 aliphatic carbocycles. The minimum Gasteiger partial charge on any atom is -0.347 e. The summed E-state index contributed by atoms with van der Waals surface area (Å²) < 4.78 is 40.2. The van der Waals surface area contributed by atoms with Gasteiger partial charge in [-0.1, -0.05) is 6.92 Å². The number of carbonyl (C=O) groups is 1.